The van der Waals surface area contributed by atoms with E-state index in [1.165, 1.54) is 0 Å². The molecule has 0 fully saturated rings. The predicted molar refractivity (Wildman–Crippen MR) is 67.6 cm³/mol. The first-order chi connectivity index (χ1) is 8.15. The van der Waals surface area contributed by atoms with Crippen molar-refractivity contribution in [2.75, 3.05) is 0 Å². The molecule has 1 unspecified atom stereocenters. The zero-order valence-electron chi connectivity index (χ0n) is 9.68. The first kappa shape index (κ1) is 11.5. The second kappa shape index (κ2) is 4.93. The largest absolute Gasteiger partial charge is 0.345 e. The van der Waals surface area contributed by atoms with E-state index in [4.69, 9.17) is 5.73 Å². The number of hydrogen-bond donors (Lipinski definition) is 2. The van der Waals surface area contributed by atoms with E-state index < -0.39 is 0 Å². The number of rotatable bonds is 3. The Kier molecular flexibility index (Phi) is 3.35. The highest BCUT2D eigenvalue weighted by Crippen LogP contribution is 2.15. The van der Waals surface area contributed by atoms with Crippen LogP contribution in [0.5, 0.6) is 0 Å². The molecule has 0 radical (unpaired) electrons. The van der Waals surface area contributed by atoms with Crippen LogP contribution >= 0.6 is 0 Å². The number of nitrogens with one attached hydrogen (secondary N) is 1. The Morgan fingerprint density at radius 3 is 2.71 bits per heavy atom. The van der Waals surface area contributed by atoms with E-state index in [1.54, 1.807) is 0 Å². The topological polar surface area (TPSA) is 71.8 Å². The molecule has 0 bridgehead atoms. The van der Waals surface area contributed by atoms with Gasteiger partial charge in [-0.05, 0) is 13.0 Å². The van der Waals surface area contributed by atoms with Gasteiger partial charge in [0.05, 0.1) is 5.69 Å². The molecule has 2 aromatic rings. The molecular formula is C13H15N3O. The van der Waals surface area contributed by atoms with E-state index in [-0.39, 0.29) is 11.7 Å². The van der Waals surface area contributed by atoms with Crippen LogP contribution in [-0.2, 0) is 6.42 Å². The van der Waals surface area contributed by atoms with Crippen LogP contribution in [0.4, 0.5) is 0 Å². The summed E-state index contributed by atoms with van der Waals surface area (Å²) in [7, 11) is 0. The van der Waals surface area contributed by atoms with E-state index in [9.17, 15) is 4.79 Å². The van der Waals surface area contributed by atoms with Gasteiger partial charge in [0.15, 0.2) is 0 Å². The van der Waals surface area contributed by atoms with Crippen LogP contribution in [0, 0.1) is 0 Å². The number of benzene rings is 1. The highest BCUT2D eigenvalue weighted by molar-refractivity contribution is 5.58. The highest BCUT2D eigenvalue weighted by atomic mass is 16.1. The summed E-state index contributed by atoms with van der Waals surface area (Å²) in [5, 5.41) is 0. The molecular weight excluding hydrogens is 214 g/mol. The minimum absolute atomic E-state index is 0.0108. The van der Waals surface area contributed by atoms with Gasteiger partial charge in [-0.2, -0.15) is 4.98 Å². The molecule has 4 heteroatoms. The molecule has 3 N–H and O–H groups in total. The van der Waals surface area contributed by atoms with Crippen molar-refractivity contribution in [1.29, 1.82) is 0 Å². The van der Waals surface area contributed by atoms with E-state index in [0.29, 0.717) is 12.1 Å². The van der Waals surface area contributed by atoms with Gasteiger partial charge in [-0.3, -0.25) is 0 Å². The molecule has 1 aromatic carbocycles. The predicted octanol–water partition coefficient (Wildman–Crippen LogP) is 1.33. The van der Waals surface area contributed by atoms with Crippen LogP contribution in [0.15, 0.2) is 41.2 Å². The lowest BCUT2D eigenvalue weighted by atomic mass is 10.1. The Labute approximate surface area is 99.5 Å². The number of aromatic amines is 1. The Bertz CT molecular complexity index is 546. The van der Waals surface area contributed by atoms with Gasteiger partial charge in [-0.15, -0.1) is 0 Å². The fraction of sp³-hybridized carbons (Fsp3) is 0.231. The van der Waals surface area contributed by atoms with Crippen molar-refractivity contribution >= 4 is 0 Å². The average Bonchev–Trinajstić information content (AvgIpc) is 2.28. The molecule has 0 aliphatic rings. The normalized spacial score (nSPS) is 12.4. The van der Waals surface area contributed by atoms with Crippen LogP contribution in [0.3, 0.4) is 0 Å². The monoisotopic (exact) mass is 229 g/mol. The van der Waals surface area contributed by atoms with Gasteiger partial charge in [0.1, 0.15) is 0 Å². The third-order valence-electron chi connectivity index (χ3n) is 2.41. The quantitative estimate of drug-likeness (QED) is 0.834. The lowest BCUT2D eigenvalue weighted by Crippen LogP contribution is -2.22. The van der Waals surface area contributed by atoms with Crippen LogP contribution in [0.25, 0.3) is 11.3 Å². The van der Waals surface area contributed by atoms with Gasteiger partial charge in [-0.25, -0.2) is 4.79 Å². The number of nitrogens with two attached hydrogens (primary N) is 1. The zero-order valence-corrected chi connectivity index (χ0v) is 9.68. The summed E-state index contributed by atoms with van der Waals surface area (Å²) >= 11 is 0. The minimum atomic E-state index is -0.331. The van der Waals surface area contributed by atoms with Crippen molar-refractivity contribution in [3.05, 3.63) is 52.6 Å². The van der Waals surface area contributed by atoms with E-state index in [1.807, 2.05) is 43.3 Å². The standard InChI is InChI=1S/C13H15N3O/c1-9(14)7-11-8-12(16-13(17)15-11)10-5-3-2-4-6-10/h2-6,8-9H,7,14H2,1H3,(H,15,16,17). The second-order valence-corrected chi connectivity index (χ2v) is 4.14. The molecule has 1 atom stereocenters. The smallest absolute Gasteiger partial charge is 0.328 e. The van der Waals surface area contributed by atoms with Crippen molar-refractivity contribution in [3.8, 4) is 11.3 Å². The maximum atomic E-state index is 11.5. The molecule has 4 nitrogen and oxygen atoms in total. The summed E-state index contributed by atoms with van der Waals surface area (Å²) in [6.45, 7) is 1.90. The molecule has 0 aliphatic carbocycles. The molecule has 1 aromatic heterocycles. The van der Waals surface area contributed by atoms with Crippen molar-refractivity contribution in [1.82, 2.24) is 9.97 Å². The molecule has 0 saturated carbocycles. The Hall–Kier alpha value is -1.94. The fourth-order valence-electron chi connectivity index (χ4n) is 1.72. The summed E-state index contributed by atoms with van der Waals surface area (Å²) < 4.78 is 0. The Morgan fingerprint density at radius 1 is 1.35 bits per heavy atom. The Balaban J connectivity index is 2.42. The van der Waals surface area contributed by atoms with E-state index in [0.717, 1.165) is 11.3 Å². The molecule has 1 heterocycles. The minimum Gasteiger partial charge on any atom is -0.328 e. The molecule has 0 amide bonds. The second-order valence-electron chi connectivity index (χ2n) is 4.14. The molecule has 88 valence electrons. The van der Waals surface area contributed by atoms with Crippen LogP contribution in [0.1, 0.15) is 12.6 Å². The maximum absolute atomic E-state index is 11.5. The summed E-state index contributed by atoms with van der Waals surface area (Å²) in [5.74, 6) is 0. The van der Waals surface area contributed by atoms with Crippen molar-refractivity contribution < 1.29 is 0 Å². The van der Waals surface area contributed by atoms with Crippen LogP contribution < -0.4 is 11.4 Å². The average molecular weight is 229 g/mol. The first-order valence-corrected chi connectivity index (χ1v) is 5.56. The number of aromatic nitrogens is 2. The van der Waals surface area contributed by atoms with Gasteiger partial charge in [0.2, 0.25) is 0 Å². The van der Waals surface area contributed by atoms with Crippen molar-refractivity contribution in [2.45, 2.75) is 19.4 Å². The van der Waals surface area contributed by atoms with Gasteiger partial charge in [-0.1, -0.05) is 30.3 Å². The third kappa shape index (κ3) is 3.01. The molecule has 0 aliphatic heterocycles. The molecule has 17 heavy (non-hydrogen) atoms. The summed E-state index contributed by atoms with van der Waals surface area (Å²) in [4.78, 5) is 18.1. The third-order valence-corrected chi connectivity index (χ3v) is 2.41. The van der Waals surface area contributed by atoms with Gasteiger partial charge in [0, 0.05) is 23.7 Å². The van der Waals surface area contributed by atoms with Gasteiger partial charge < -0.3 is 10.7 Å². The SMILES string of the molecule is CC(N)Cc1cc(-c2ccccc2)nc(=O)[nH]1. The van der Waals surface area contributed by atoms with E-state index >= 15 is 0 Å². The highest BCUT2D eigenvalue weighted by Gasteiger charge is 2.04. The Morgan fingerprint density at radius 2 is 2.06 bits per heavy atom. The first-order valence-electron chi connectivity index (χ1n) is 5.56. The lowest BCUT2D eigenvalue weighted by Gasteiger charge is -2.06. The van der Waals surface area contributed by atoms with E-state index in [2.05, 4.69) is 9.97 Å². The lowest BCUT2D eigenvalue weighted by molar-refractivity contribution is 0.716. The molecule has 0 saturated heterocycles. The van der Waals surface area contributed by atoms with Crippen LogP contribution in [0.2, 0.25) is 0 Å². The summed E-state index contributed by atoms with van der Waals surface area (Å²) in [6.07, 6.45) is 0.637. The fourth-order valence-corrected chi connectivity index (χ4v) is 1.72. The molecule has 2 rings (SSSR count). The molecule has 0 spiro atoms. The summed E-state index contributed by atoms with van der Waals surface area (Å²) in [5.41, 5.74) is 7.83. The van der Waals surface area contributed by atoms with Crippen LogP contribution in [-0.4, -0.2) is 16.0 Å². The summed E-state index contributed by atoms with van der Waals surface area (Å²) in [6, 6.07) is 11.5. The zero-order chi connectivity index (χ0) is 12.3. The van der Waals surface area contributed by atoms with Crippen molar-refractivity contribution in [3.63, 3.8) is 0 Å². The number of nitrogens with zero attached hydrogens (tertiary/aromatic N) is 1. The number of hydrogen-bond acceptors (Lipinski definition) is 3. The number of H-pyrrole nitrogens is 1. The van der Waals surface area contributed by atoms with Crippen molar-refractivity contribution in [2.24, 2.45) is 5.73 Å². The maximum Gasteiger partial charge on any atom is 0.345 e. The van der Waals surface area contributed by atoms with Gasteiger partial charge >= 0.3 is 5.69 Å². The van der Waals surface area contributed by atoms with Gasteiger partial charge in [0.25, 0.3) is 0 Å².